The van der Waals surface area contributed by atoms with Crippen LogP contribution in [0.3, 0.4) is 0 Å². The predicted octanol–water partition coefficient (Wildman–Crippen LogP) is 3.05. The molecule has 0 radical (unpaired) electrons. The highest BCUT2D eigenvalue weighted by molar-refractivity contribution is 5.84. The lowest BCUT2D eigenvalue weighted by atomic mass is 10.1. The molecule has 0 fully saturated rings. The highest BCUT2D eigenvalue weighted by Crippen LogP contribution is 2.25. The number of nitrogens with two attached hydrogens (primary N) is 1. The smallest absolute Gasteiger partial charge is 0.146 e. The Morgan fingerprint density at radius 3 is 2.78 bits per heavy atom. The number of ether oxygens (including phenoxy) is 1. The fourth-order valence-corrected chi connectivity index (χ4v) is 1.93. The summed E-state index contributed by atoms with van der Waals surface area (Å²) in [6.07, 6.45) is 0.890. The third kappa shape index (κ3) is 2.62. The van der Waals surface area contributed by atoms with Gasteiger partial charge in [-0.1, -0.05) is 25.1 Å². The third-order valence-electron chi connectivity index (χ3n) is 3.21. The number of fused-ring (bicyclic) bond motifs is 1. The molecule has 18 heavy (non-hydrogen) atoms. The molecule has 2 unspecified atom stereocenters. The van der Waals surface area contributed by atoms with Crippen molar-refractivity contribution in [2.75, 3.05) is 0 Å². The average molecular weight is 244 g/mol. The first-order valence-electron chi connectivity index (χ1n) is 6.40. The molecule has 0 bridgehead atoms. The van der Waals surface area contributed by atoms with E-state index < -0.39 is 0 Å². The Morgan fingerprint density at radius 2 is 2.06 bits per heavy atom. The second-order valence-corrected chi connectivity index (χ2v) is 4.68. The van der Waals surface area contributed by atoms with Crippen molar-refractivity contribution in [2.45, 2.75) is 39.3 Å². The van der Waals surface area contributed by atoms with Crippen molar-refractivity contribution >= 4 is 10.9 Å². The lowest BCUT2D eigenvalue weighted by Gasteiger charge is -2.20. The summed E-state index contributed by atoms with van der Waals surface area (Å²) >= 11 is 0. The Balaban J connectivity index is 2.35. The van der Waals surface area contributed by atoms with Gasteiger partial charge < -0.3 is 10.5 Å². The van der Waals surface area contributed by atoms with Gasteiger partial charge in [-0.2, -0.15) is 0 Å². The van der Waals surface area contributed by atoms with Crippen molar-refractivity contribution in [1.29, 1.82) is 0 Å². The highest BCUT2D eigenvalue weighted by atomic mass is 16.5. The standard InChI is InChI=1S/C15H20N2O/c1-4-13(16)11(3)18-14-7-5-6-12-9-8-10(2)17-15(12)14/h5-9,11,13H,4,16H2,1-3H3. The fourth-order valence-electron chi connectivity index (χ4n) is 1.93. The minimum absolute atomic E-state index is 0.0112. The van der Waals surface area contributed by atoms with Gasteiger partial charge in [0.25, 0.3) is 0 Å². The first-order chi connectivity index (χ1) is 8.61. The fraction of sp³-hybridized carbons (Fsp3) is 0.400. The summed E-state index contributed by atoms with van der Waals surface area (Å²) in [6, 6.07) is 10.1. The van der Waals surface area contributed by atoms with Crippen LogP contribution in [0.1, 0.15) is 26.0 Å². The molecule has 0 spiro atoms. The van der Waals surface area contributed by atoms with Crippen LogP contribution < -0.4 is 10.5 Å². The number of nitrogens with zero attached hydrogens (tertiary/aromatic N) is 1. The summed E-state index contributed by atoms with van der Waals surface area (Å²) in [4.78, 5) is 4.55. The van der Waals surface area contributed by atoms with Crippen LogP contribution in [0.4, 0.5) is 0 Å². The maximum atomic E-state index is 5.99. The zero-order chi connectivity index (χ0) is 13.1. The number of rotatable bonds is 4. The van der Waals surface area contributed by atoms with E-state index in [0.29, 0.717) is 0 Å². The number of aryl methyl sites for hydroxylation is 1. The molecule has 0 saturated heterocycles. The van der Waals surface area contributed by atoms with E-state index in [-0.39, 0.29) is 12.1 Å². The molecule has 2 atom stereocenters. The van der Waals surface area contributed by atoms with E-state index in [1.54, 1.807) is 0 Å². The maximum absolute atomic E-state index is 5.99. The largest absolute Gasteiger partial charge is 0.487 e. The second kappa shape index (κ2) is 5.36. The van der Waals surface area contributed by atoms with Gasteiger partial charge in [-0.3, -0.25) is 0 Å². The summed E-state index contributed by atoms with van der Waals surface area (Å²) in [5.74, 6) is 0.813. The Hall–Kier alpha value is -1.61. The van der Waals surface area contributed by atoms with E-state index in [0.717, 1.165) is 28.8 Å². The molecule has 1 heterocycles. The van der Waals surface area contributed by atoms with E-state index in [9.17, 15) is 0 Å². The number of pyridine rings is 1. The summed E-state index contributed by atoms with van der Waals surface area (Å²) in [7, 11) is 0. The molecular formula is C15H20N2O. The van der Waals surface area contributed by atoms with Crippen molar-refractivity contribution in [3.63, 3.8) is 0 Å². The minimum Gasteiger partial charge on any atom is -0.487 e. The first kappa shape index (κ1) is 12.8. The molecule has 2 N–H and O–H groups in total. The summed E-state index contributed by atoms with van der Waals surface area (Å²) in [5.41, 5.74) is 7.89. The van der Waals surface area contributed by atoms with Gasteiger partial charge in [0.2, 0.25) is 0 Å². The third-order valence-corrected chi connectivity index (χ3v) is 3.21. The Bertz CT molecular complexity index is 539. The number of para-hydroxylation sites is 1. The lowest BCUT2D eigenvalue weighted by Crippen LogP contribution is -2.35. The SMILES string of the molecule is CCC(N)C(C)Oc1cccc2ccc(C)nc12. The molecule has 0 amide bonds. The summed E-state index contributed by atoms with van der Waals surface area (Å²) < 4.78 is 5.95. The molecule has 1 aromatic carbocycles. The van der Waals surface area contributed by atoms with E-state index in [2.05, 4.69) is 18.0 Å². The van der Waals surface area contributed by atoms with E-state index in [4.69, 9.17) is 10.5 Å². The second-order valence-electron chi connectivity index (χ2n) is 4.68. The molecule has 2 aromatic rings. The Labute approximate surface area is 108 Å². The van der Waals surface area contributed by atoms with Gasteiger partial charge in [-0.15, -0.1) is 0 Å². The zero-order valence-electron chi connectivity index (χ0n) is 11.2. The molecule has 3 heteroatoms. The number of hydrogen-bond donors (Lipinski definition) is 1. The van der Waals surface area contributed by atoms with Gasteiger partial charge in [0.15, 0.2) is 0 Å². The Morgan fingerprint density at radius 1 is 1.28 bits per heavy atom. The first-order valence-corrected chi connectivity index (χ1v) is 6.40. The van der Waals surface area contributed by atoms with Crippen LogP contribution in [-0.4, -0.2) is 17.1 Å². The molecule has 0 saturated carbocycles. The normalized spacial score (nSPS) is 14.4. The van der Waals surface area contributed by atoms with Crippen LogP contribution in [0.2, 0.25) is 0 Å². The maximum Gasteiger partial charge on any atom is 0.146 e. The van der Waals surface area contributed by atoms with Gasteiger partial charge in [0, 0.05) is 17.1 Å². The van der Waals surface area contributed by atoms with Gasteiger partial charge in [-0.25, -0.2) is 4.98 Å². The van der Waals surface area contributed by atoms with Crippen LogP contribution >= 0.6 is 0 Å². The monoisotopic (exact) mass is 244 g/mol. The molecule has 1 aromatic heterocycles. The summed E-state index contributed by atoms with van der Waals surface area (Å²) in [5, 5.41) is 1.09. The zero-order valence-corrected chi connectivity index (χ0v) is 11.2. The van der Waals surface area contributed by atoms with E-state index in [1.807, 2.05) is 38.1 Å². The average Bonchev–Trinajstić information content (AvgIpc) is 2.38. The van der Waals surface area contributed by atoms with Crippen LogP contribution in [-0.2, 0) is 0 Å². The van der Waals surface area contributed by atoms with Crippen LogP contribution in [0.5, 0.6) is 5.75 Å². The van der Waals surface area contributed by atoms with Crippen molar-refractivity contribution in [1.82, 2.24) is 4.98 Å². The highest BCUT2D eigenvalue weighted by Gasteiger charge is 2.14. The number of aromatic nitrogens is 1. The van der Waals surface area contributed by atoms with Crippen LogP contribution in [0.25, 0.3) is 10.9 Å². The van der Waals surface area contributed by atoms with Gasteiger partial charge >= 0.3 is 0 Å². The molecule has 3 nitrogen and oxygen atoms in total. The van der Waals surface area contributed by atoms with Crippen LogP contribution in [0.15, 0.2) is 30.3 Å². The predicted molar refractivity (Wildman–Crippen MR) is 74.8 cm³/mol. The molecule has 0 aliphatic heterocycles. The molecule has 0 aliphatic rings. The molecular weight excluding hydrogens is 224 g/mol. The number of benzene rings is 1. The molecule has 96 valence electrons. The van der Waals surface area contributed by atoms with Crippen LogP contribution in [0, 0.1) is 6.92 Å². The van der Waals surface area contributed by atoms with Gasteiger partial charge in [0.1, 0.15) is 17.4 Å². The van der Waals surface area contributed by atoms with Gasteiger partial charge in [-0.05, 0) is 32.4 Å². The minimum atomic E-state index is -0.0112. The van der Waals surface area contributed by atoms with Crippen molar-refractivity contribution in [2.24, 2.45) is 5.73 Å². The number of hydrogen-bond acceptors (Lipinski definition) is 3. The summed E-state index contributed by atoms with van der Waals surface area (Å²) in [6.45, 7) is 6.05. The van der Waals surface area contributed by atoms with Gasteiger partial charge in [0.05, 0.1) is 0 Å². The molecule has 0 aliphatic carbocycles. The lowest BCUT2D eigenvalue weighted by molar-refractivity contribution is 0.189. The topological polar surface area (TPSA) is 48.1 Å². The van der Waals surface area contributed by atoms with E-state index >= 15 is 0 Å². The molecule has 2 rings (SSSR count). The van der Waals surface area contributed by atoms with Crippen molar-refractivity contribution < 1.29 is 4.74 Å². The quantitative estimate of drug-likeness (QED) is 0.899. The van der Waals surface area contributed by atoms with E-state index in [1.165, 1.54) is 0 Å². The van der Waals surface area contributed by atoms with Crippen molar-refractivity contribution in [3.8, 4) is 5.75 Å². The Kier molecular flexibility index (Phi) is 3.82. The van der Waals surface area contributed by atoms with Crippen molar-refractivity contribution in [3.05, 3.63) is 36.0 Å².